The molecule has 0 aromatic heterocycles. The van der Waals surface area contributed by atoms with Crippen LogP contribution in [0.3, 0.4) is 0 Å². The number of thioether (sulfide) groups is 1. The van der Waals surface area contributed by atoms with Gasteiger partial charge in [-0.05, 0) is 85.8 Å². The largest absolute Gasteiger partial charge is 0.358 e. The van der Waals surface area contributed by atoms with Gasteiger partial charge in [-0.3, -0.25) is 14.5 Å². The van der Waals surface area contributed by atoms with Crippen LogP contribution in [0.5, 0.6) is 0 Å². The monoisotopic (exact) mass is 467 g/mol. The van der Waals surface area contributed by atoms with Gasteiger partial charge < -0.3 is 5.32 Å². The first-order valence-corrected chi connectivity index (χ1v) is 13.8. The maximum atomic E-state index is 13.2. The van der Waals surface area contributed by atoms with Crippen LogP contribution in [-0.4, -0.2) is 40.7 Å². The van der Waals surface area contributed by atoms with E-state index in [2.05, 4.69) is 24.4 Å². The van der Waals surface area contributed by atoms with Gasteiger partial charge in [0.1, 0.15) is 0 Å². The van der Waals surface area contributed by atoms with Crippen molar-refractivity contribution in [1.29, 1.82) is 0 Å². The van der Waals surface area contributed by atoms with E-state index in [0.29, 0.717) is 5.17 Å². The Bertz CT molecular complexity index is 882. The third kappa shape index (κ3) is 4.87. The zero-order valence-corrected chi connectivity index (χ0v) is 20.8. The summed E-state index contributed by atoms with van der Waals surface area (Å²) in [6.07, 6.45) is 10.8. The van der Waals surface area contributed by atoms with Gasteiger partial charge in [0.25, 0.3) is 0 Å². The number of amides is 2. The van der Waals surface area contributed by atoms with E-state index in [0.717, 1.165) is 54.7 Å². The Morgan fingerprint density at radius 3 is 2.30 bits per heavy atom. The first kappa shape index (κ1) is 22.9. The van der Waals surface area contributed by atoms with Crippen molar-refractivity contribution in [2.75, 3.05) is 13.6 Å². The lowest BCUT2D eigenvalue weighted by atomic mass is 9.60. The molecular weight excluding hydrogens is 430 g/mol. The van der Waals surface area contributed by atoms with Crippen LogP contribution < -0.4 is 5.32 Å². The van der Waals surface area contributed by atoms with Gasteiger partial charge in [0.05, 0.1) is 10.9 Å². The number of hydrogen-bond acceptors (Lipinski definition) is 4. The molecule has 1 saturated heterocycles. The summed E-state index contributed by atoms with van der Waals surface area (Å²) in [4.78, 5) is 32.3. The molecule has 5 aliphatic rings. The Morgan fingerprint density at radius 2 is 1.73 bits per heavy atom. The molecule has 2 amide bonds. The average Bonchev–Trinajstić information content (AvgIpc) is 3.08. The van der Waals surface area contributed by atoms with Gasteiger partial charge in [0.2, 0.25) is 11.8 Å². The SMILES string of the molecule is CCc1ccc(N=C2SC(C(=O)NC)CC(=O)N2CCC2C3CC4CCC(C3)CC2C4)cc1. The molecular formula is C27H37N3O2S. The fourth-order valence-electron chi connectivity index (χ4n) is 7.01. The highest BCUT2D eigenvalue weighted by Crippen LogP contribution is 2.55. The first-order chi connectivity index (χ1) is 16.0. The Kier molecular flexibility index (Phi) is 6.82. The quantitative estimate of drug-likeness (QED) is 0.628. The predicted octanol–water partition coefficient (Wildman–Crippen LogP) is 5.17. The molecule has 4 aliphatic carbocycles. The van der Waals surface area contributed by atoms with E-state index in [1.54, 1.807) is 7.05 Å². The molecule has 0 spiro atoms. The molecule has 5 nitrogen and oxygen atoms in total. The maximum absolute atomic E-state index is 13.2. The fraction of sp³-hybridized carbons (Fsp3) is 0.667. The van der Waals surface area contributed by atoms with Crippen molar-refractivity contribution in [3.05, 3.63) is 29.8 Å². The minimum atomic E-state index is -0.405. The van der Waals surface area contributed by atoms with Gasteiger partial charge in [-0.2, -0.15) is 0 Å². The Balaban J connectivity index is 1.34. The van der Waals surface area contributed by atoms with Crippen molar-refractivity contribution < 1.29 is 9.59 Å². The summed E-state index contributed by atoms with van der Waals surface area (Å²) < 4.78 is 0. The number of carbonyl (C=O) groups excluding carboxylic acids is 2. The number of aryl methyl sites for hydroxylation is 1. The lowest BCUT2D eigenvalue weighted by Crippen LogP contribution is -2.47. The highest BCUT2D eigenvalue weighted by atomic mass is 32.2. The van der Waals surface area contributed by atoms with E-state index in [-0.39, 0.29) is 18.2 Å². The molecule has 4 saturated carbocycles. The molecule has 1 unspecified atom stereocenters. The second-order valence-electron chi connectivity index (χ2n) is 10.6. The van der Waals surface area contributed by atoms with Crippen LogP contribution in [0.25, 0.3) is 0 Å². The topological polar surface area (TPSA) is 61.8 Å². The van der Waals surface area contributed by atoms with Gasteiger partial charge in [-0.1, -0.05) is 43.7 Å². The van der Waals surface area contributed by atoms with Gasteiger partial charge in [0.15, 0.2) is 5.17 Å². The normalized spacial score (nSPS) is 34.5. The van der Waals surface area contributed by atoms with E-state index in [9.17, 15) is 9.59 Å². The van der Waals surface area contributed by atoms with E-state index < -0.39 is 5.25 Å². The highest BCUT2D eigenvalue weighted by Gasteiger charge is 2.46. The number of carbonyl (C=O) groups is 2. The Morgan fingerprint density at radius 1 is 1.09 bits per heavy atom. The van der Waals surface area contributed by atoms with Gasteiger partial charge >= 0.3 is 0 Å². The molecule has 1 aromatic rings. The molecule has 6 rings (SSSR count). The molecule has 1 aromatic carbocycles. The summed E-state index contributed by atoms with van der Waals surface area (Å²) in [5.41, 5.74) is 2.11. The summed E-state index contributed by atoms with van der Waals surface area (Å²) >= 11 is 1.44. The third-order valence-corrected chi connectivity index (χ3v) is 9.86. The second kappa shape index (κ2) is 9.81. The number of nitrogens with one attached hydrogen (secondary N) is 1. The lowest BCUT2D eigenvalue weighted by molar-refractivity contribution is -0.130. The molecule has 33 heavy (non-hydrogen) atoms. The maximum Gasteiger partial charge on any atom is 0.233 e. The molecule has 1 N–H and O–H groups in total. The number of fused-ring (bicyclic) bond motifs is 1. The van der Waals surface area contributed by atoms with Crippen LogP contribution in [-0.2, 0) is 16.0 Å². The van der Waals surface area contributed by atoms with E-state index in [1.165, 1.54) is 55.9 Å². The molecule has 5 fully saturated rings. The summed E-state index contributed by atoms with van der Waals surface area (Å²) in [7, 11) is 1.63. The predicted molar refractivity (Wildman–Crippen MR) is 134 cm³/mol. The first-order valence-electron chi connectivity index (χ1n) is 12.9. The Hall–Kier alpha value is -1.82. The van der Waals surface area contributed by atoms with Crippen LogP contribution in [0, 0.1) is 29.6 Å². The molecule has 1 atom stereocenters. The van der Waals surface area contributed by atoms with Gasteiger partial charge in [-0.15, -0.1) is 0 Å². The molecule has 4 bridgehead atoms. The van der Waals surface area contributed by atoms with Crippen LogP contribution in [0.1, 0.15) is 63.9 Å². The number of aliphatic imine (C=N–C) groups is 1. The van der Waals surface area contributed by atoms with Gasteiger partial charge in [0, 0.05) is 20.0 Å². The van der Waals surface area contributed by atoms with Crippen molar-refractivity contribution in [3.63, 3.8) is 0 Å². The van der Waals surface area contributed by atoms with Crippen molar-refractivity contribution >= 4 is 34.4 Å². The number of nitrogens with zero attached hydrogens (tertiary/aromatic N) is 2. The summed E-state index contributed by atoms with van der Waals surface area (Å²) in [5.74, 6) is 4.29. The van der Waals surface area contributed by atoms with Crippen LogP contribution in [0.4, 0.5) is 5.69 Å². The van der Waals surface area contributed by atoms with E-state index in [4.69, 9.17) is 4.99 Å². The average molecular weight is 468 g/mol. The third-order valence-electron chi connectivity index (χ3n) is 8.67. The lowest BCUT2D eigenvalue weighted by Gasteiger charge is -2.46. The number of rotatable bonds is 6. The minimum Gasteiger partial charge on any atom is -0.358 e. The fourth-order valence-corrected chi connectivity index (χ4v) is 8.20. The molecule has 178 valence electrons. The molecule has 6 heteroatoms. The van der Waals surface area contributed by atoms with Crippen molar-refractivity contribution in [1.82, 2.24) is 10.2 Å². The number of amidine groups is 1. The highest BCUT2D eigenvalue weighted by molar-refractivity contribution is 8.15. The Labute approximate surface area is 202 Å². The van der Waals surface area contributed by atoms with Crippen LogP contribution >= 0.6 is 11.8 Å². The molecule has 0 radical (unpaired) electrons. The van der Waals surface area contributed by atoms with Crippen LogP contribution in [0.2, 0.25) is 0 Å². The smallest absolute Gasteiger partial charge is 0.233 e. The standard InChI is InChI=1S/C27H37N3O2S/c1-3-17-6-8-22(9-7-17)29-27-30(25(31)16-24(33-27)26(32)28-2)11-10-23-20-12-18-4-5-19(14-20)15-21(23)13-18/h6-9,18-21,23-24H,3-5,10-16H2,1-2H3,(H,28,32). The van der Waals surface area contributed by atoms with Crippen molar-refractivity contribution in [2.45, 2.75) is 70.0 Å². The zero-order valence-electron chi connectivity index (χ0n) is 20.0. The second-order valence-corrected chi connectivity index (χ2v) is 11.8. The summed E-state index contributed by atoms with van der Waals surface area (Å²) in [6, 6.07) is 8.21. The summed E-state index contributed by atoms with van der Waals surface area (Å²) in [5, 5.41) is 2.99. The van der Waals surface area contributed by atoms with Crippen LogP contribution in [0.15, 0.2) is 29.3 Å². The zero-order chi connectivity index (χ0) is 22.9. The summed E-state index contributed by atoms with van der Waals surface area (Å²) in [6.45, 7) is 2.86. The molecule has 1 aliphatic heterocycles. The number of hydrogen-bond donors (Lipinski definition) is 1. The number of benzene rings is 1. The van der Waals surface area contributed by atoms with Gasteiger partial charge in [-0.25, -0.2) is 4.99 Å². The van der Waals surface area contributed by atoms with E-state index >= 15 is 0 Å². The van der Waals surface area contributed by atoms with E-state index in [1.807, 2.05) is 17.0 Å². The minimum absolute atomic E-state index is 0.0346. The van der Waals surface area contributed by atoms with Crippen molar-refractivity contribution in [2.24, 2.45) is 34.6 Å². The van der Waals surface area contributed by atoms with Crippen molar-refractivity contribution in [3.8, 4) is 0 Å². The molecule has 1 heterocycles.